The van der Waals surface area contributed by atoms with Gasteiger partial charge in [0.2, 0.25) is 0 Å². The van der Waals surface area contributed by atoms with E-state index >= 15 is 0 Å². The zero-order valence-corrected chi connectivity index (χ0v) is 15.0. The van der Waals surface area contributed by atoms with Crippen LogP contribution in [0.15, 0.2) is 77.8 Å². The maximum atomic E-state index is 12.7. The Morgan fingerprint density at radius 2 is 1.61 bits per heavy atom. The molecule has 28 heavy (non-hydrogen) atoms. The van der Waals surface area contributed by atoms with E-state index in [1.807, 2.05) is 36.4 Å². The highest BCUT2D eigenvalue weighted by molar-refractivity contribution is 6.02. The lowest BCUT2D eigenvalue weighted by atomic mass is 10.1. The second kappa shape index (κ2) is 7.36. The highest BCUT2D eigenvalue weighted by Crippen LogP contribution is 2.42. The fourth-order valence-electron chi connectivity index (χ4n) is 3.51. The van der Waals surface area contributed by atoms with Crippen LogP contribution in [0.5, 0.6) is 0 Å². The van der Waals surface area contributed by atoms with Crippen LogP contribution in [-0.2, 0) is 0 Å². The molecular weight excluding hydrogens is 350 g/mol. The lowest BCUT2D eigenvalue weighted by Gasteiger charge is -2.17. The highest BCUT2D eigenvalue weighted by atomic mass is 16.2. The molecule has 6 nitrogen and oxygen atoms in total. The van der Waals surface area contributed by atoms with Crippen molar-refractivity contribution in [2.24, 2.45) is 10.7 Å². The van der Waals surface area contributed by atoms with E-state index in [0.29, 0.717) is 11.3 Å². The number of nitrogens with one attached hydrogen (secondary N) is 3. The number of amidine groups is 1. The van der Waals surface area contributed by atoms with Gasteiger partial charge >= 0.3 is 6.03 Å². The Bertz CT molecular complexity index is 1040. The molecule has 0 aromatic heterocycles. The van der Waals surface area contributed by atoms with Gasteiger partial charge in [-0.15, -0.1) is 0 Å². The third kappa shape index (κ3) is 3.23. The molecule has 0 atom stereocenters. The van der Waals surface area contributed by atoms with Crippen molar-refractivity contribution in [1.82, 2.24) is 5.32 Å². The molecule has 0 unspecified atom stereocenters. The van der Waals surface area contributed by atoms with E-state index in [1.54, 1.807) is 24.3 Å². The van der Waals surface area contributed by atoms with Crippen molar-refractivity contribution < 1.29 is 4.79 Å². The number of benzene rings is 3. The summed E-state index contributed by atoms with van der Waals surface area (Å²) in [7, 11) is 0. The van der Waals surface area contributed by atoms with Crippen molar-refractivity contribution in [2.75, 3.05) is 5.32 Å². The summed E-state index contributed by atoms with van der Waals surface area (Å²) in [5.74, 6) is 0.220. The van der Waals surface area contributed by atoms with Crippen molar-refractivity contribution >= 4 is 23.9 Å². The van der Waals surface area contributed by atoms with Crippen LogP contribution in [0.4, 0.5) is 10.5 Å². The molecule has 0 radical (unpaired) electrons. The standard InChI is InChI=1S/C22H19N5O/c23-13-25-21(24)14-6-5-7-15(12-14)26-22(28)27-20-18-10-3-1-8-16(18)17-9-2-4-11-19(17)20/h1-13,20H,(H3,23,24,25)(H2,26,27,28). The van der Waals surface area contributed by atoms with E-state index in [2.05, 4.69) is 27.8 Å². The number of amides is 2. The molecule has 0 bridgehead atoms. The van der Waals surface area contributed by atoms with Gasteiger partial charge in [-0.1, -0.05) is 60.7 Å². The summed E-state index contributed by atoms with van der Waals surface area (Å²) in [6.07, 6.45) is 0.886. The Hall–Kier alpha value is -3.93. The van der Waals surface area contributed by atoms with E-state index in [-0.39, 0.29) is 17.9 Å². The summed E-state index contributed by atoms with van der Waals surface area (Å²) in [6, 6.07) is 22.7. The quantitative estimate of drug-likeness (QED) is 0.414. The number of nitrogens with two attached hydrogens (primary N) is 1. The molecule has 0 saturated heterocycles. The lowest BCUT2D eigenvalue weighted by molar-refractivity contribution is 0.250. The molecule has 0 aliphatic heterocycles. The van der Waals surface area contributed by atoms with Crippen LogP contribution in [0.1, 0.15) is 22.7 Å². The first-order valence-electron chi connectivity index (χ1n) is 8.86. The van der Waals surface area contributed by atoms with Crippen LogP contribution in [-0.4, -0.2) is 18.2 Å². The van der Waals surface area contributed by atoms with Crippen LogP contribution >= 0.6 is 0 Å². The molecule has 0 fully saturated rings. The molecule has 3 aromatic rings. The molecule has 2 amide bonds. The molecule has 0 heterocycles. The fourth-order valence-corrected chi connectivity index (χ4v) is 3.51. The Labute approximate surface area is 162 Å². The van der Waals surface area contributed by atoms with E-state index in [4.69, 9.17) is 11.1 Å². The van der Waals surface area contributed by atoms with Gasteiger partial charge in [-0.05, 0) is 34.4 Å². The molecule has 1 aliphatic carbocycles. The third-order valence-electron chi connectivity index (χ3n) is 4.73. The van der Waals surface area contributed by atoms with Crippen LogP contribution in [0.2, 0.25) is 0 Å². The number of hydrogen-bond acceptors (Lipinski definition) is 2. The molecule has 1 aliphatic rings. The Balaban J connectivity index is 1.56. The third-order valence-corrected chi connectivity index (χ3v) is 4.73. The molecule has 4 rings (SSSR count). The van der Waals surface area contributed by atoms with Crippen molar-refractivity contribution in [2.45, 2.75) is 6.04 Å². The summed E-state index contributed by atoms with van der Waals surface area (Å²) in [5.41, 5.74) is 11.5. The summed E-state index contributed by atoms with van der Waals surface area (Å²) in [6.45, 7) is 0. The molecule has 0 spiro atoms. The minimum absolute atomic E-state index is 0.208. The van der Waals surface area contributed by atoms with Gasteiger partial charge in [-0.2, -0.15) is 0 Å². The zero-order valence-electron chi connectivity index (χ0n) is 15.0. The normalized spacial score (nSPS) is 12.8. The van der Waals surface area contributed by atoms with E-state index in [1.165, 1.54) is 0 Å². The maximum absolute atomic E-state index is 12.7. The minimum atomic E-state index is -0.309. The maximum Gasteiger partial charge on any atom is 0.319 e. The number of rotatable bonds is 4. The smallest absolute Gasteiger partial charge is 0.319 e. The van der Waals surface area contributed by atoms with E-state index < -0.39 is 0 Å². The topological polar surface area (TPSA) is 103 Å². The Morgan fingerprint density at radius 1 is 0.964 bits per heavy atom. The SMILES string of the molecule is N=CN=C(N)c1cccc(NC(=O)NC2c3ccccc3-c3ccccc32)c1. The first-order chi connectivity index (χ1) is 13.7. The minimum Gasteiger partial charge on any atom is -0.383 e. The van der Waals surface area contributed by atoms with Crippen LogP contribution in [0, 0.1) is 5.41 Å². The fraction of sp³-hybridized carbons (Fsp3) is 0.0455. The molecule has 138 valence electrons. The monoisotopic (exact) mass is 369 g/mol. The van der Waals surface area contributed by atoms with Crippen molar-refractivity contribution in [3.63, 3.8) is 0 Å². The zero-order chi connectivity index (χ0) is 19.5. The summed E-state index contributed by atoms with van der Waals surface area (Å²) in [5, 5.41) is 12.9. The molecular formula is C22H19N5O. The van der Waals surface area contributed by atoms with Gasteiger partial charge in [0.15, 0.2) is 0 Å². The van der Waals surface area contributed by atoms with Gasteiger partial charge in [0.1, 0.15) is 12.2 Å². The number of fused-ring (bicyclic) bond motifs is 3. The predicted molar refractivity (Wildman–Crippen MR) is 112 cm³/mol. The molecule has 5 N–H and O–H groups in total. The Morgan fingerprint density at radius 3 is 2.25 bits per heavy atom. The number of carbonyl (C=O) groups is 1. The van der Waals surface area contributed by atoms with Gasteiger partial charge in [-0.25, -0.2) is 9.79 Å². The second-order valence-electron chi connectivity index (χ2n) is 6.43. The van der Waals surface area contributed by atoms with E-state index in [9.17, 15) is 4.79 Å². The number of urea groups is 1. The largest absolute Gasteiger partial charge is 0.383 e. The van der Waals surface area contributed by atoms with Crippen molar-refractivity contribution in [3.05, 3.63) is 89.5 Å². The number of nitrogens with zero attached hydrogens (tertiary/aromatic N) is 1. The first kappa shape index (κ1) is 17.5. The summed E-state index contributed by atoms with van der Waals surface area (Å²) >= 11 is 0. The van der Waals surface area contributed by atoms with Gasteiger partial charge in [-0.3, -0.25) is 5.41 Å². The van der Waals surface area contributed by atoms with Crippen molar-refractivity contribution in [3.8, 4) is 11.1 Å². The number of carbonyl (C=O) groups excluding carboxylic acids is 1. The average molecular weight is 369 g/mol. The predicted octanol–water partition coefficient (Wildman–Crippen LogP) is 3.89. The number of hydrogen-bond donors (Lipinski definition) is 4. The first-order valence-corrected chi connectivity index (χ1v) is 8.86. The lowest BCUT2D eigenvalue weighted by Crippen LogP contribution is -2.32. The van der Waals surface area contributed by atoms with Crippen LogP contribution in [0.25, 0.3) is 11.1 Å². The highest BCUT2D eigenvalue weighted by Gasteiger charge is 2.29. The van der Waals surface area contributed by atoms with Gasteiger partial charge in [0.25, 0.3) is 0 Å². The van der Waals surface area contributed by atoms with Crippen molar-refractivity contribution in [1.29, 1.82) is 5.41 Å². The molecule has 0 saturated carbocycles. The Kier molecular flexibility index (Phi) is 4.60. The number of anilines is 1. The molecule has 6 heteroatoms. The average Bonchev–Trinajstić information content (AvgIpc) is 3.02. The summed E-state index contributed by atoms with van der Waals surface area (Å²) < 4.78 is 0. The van der Waals surface area contributed by atoms with E-state index in [0.717, 1.165) is 28.6 Å². The summed E-state index contributed by atoms with van der Waals surface area (Å²) in [4.78, 5) is 16.4. The van der Waals surface area contributed by atoms with Crippen LogP contribution < -0.4 is 16.4 Å². The van der Waals surface area contributed by atoms with Crippen LogP contribution in [0.3, 0.4) is 0 Å². The van der Waals surface area contributed by atoms with Gasteiger partial charge in [0, 0.05) is 11.3 Å². The van der Waals surface area contributed by atoms with Gasteiger partial charge < -0.3 is 16.4 Å². The number of aliphatic imine (C=N–C) groups is 1. The second-order valence-corrected chi connectivity index (χ2v) is 6.43. The van der Waals surface area contributed by atoms with Gasteiger partial charge in [0.05, 0.1) is 6.04 Å². The molecule has 3 aromatic carbocycles.